The molecule has 0 fully saturated rings. The Kier molecular flexibility index (Phi) is 8.30. The Morgan fingerprint density at radius 1 is 0.639 bits per heavy atom. The van der Waals surface area contributed by atoms with Gasteiger partial charge in [0.25, 0.3) is 11.8 Å². The predicted molar refractivity (Wildman–Crippen MR) is 142 cm³/mol. The van der Waals surface area contributed by atoms with Crippen molar-refractivity contribution < 1.29 is 19.1 Å². The molecule has 0 saturated heterocycles. The molecule has 182 valence electrons. The van der Waals surface area contributed by atoms with Crippen molar-refractivity contribution in [1.29, 1.82) is 0 Å². The number of hydrogen-bond acceptors (Lipinski definition) is 5. The highest BCUT2D eigenvalue weighted by atomic mass is 16.5. The van der Waals surface area contributed by atoms with Gasteiger partial charge in [0.15, 0.2) is 0 Å². The van der Waals surface area contributed by atoms with Crippen LogP contribution in [0.2, 0.25) is 0 Å². The number of nitrogens with one attached hydrogen (secondary N) is 3. The lowest BCUT2D eigenvalue weighted by atomic mass is 10.1. The Hall–Kier alpha value is -4.62. The van der Waals surface area contributed by atoms with Crippen LogP contribution in [-0.2, 0) is 4.74 Å². The summed E-state index contributed by atoms with van der Waals surface area (Å²) in [4.78, 5) is 25.8. The van der Waals surface area contributed by atoms with Gasteiger partial charge in [0.2, 0.25) is 0 Å². The number of ether oxygens (including phenoxy) is 2. The summed E-state index contributed by atoms with van der Waals surface area (Å²) in [5, 5.41) is 9.03. The molecule has 0 heterocycles. The monoisotopic (exact) mass is 481 g/mol. The minimum absolute atomic E-state index is 0.323. The topological polar surface area (TPSA) is 88.7 Å². The number of benzene rings is 4. The van der Waals surface area contributed by atoms with Gasteiger partial charge >= 0.3 is 0 Å². The Morgan fingerprint density at radius 2 is 1.28 bits per heavy atom. The lowest BCUT2D eigenvalue weighted by Gasteiger charge is -2.13. The minimum Gasteiger partial charge on any atom is -0.491 e. The van der Waals surface area contributed by atoms with Crippen molar-refractivity contribution >= 4 is 34.6 Å². The Bertz CT molecular complexity index is 1290. The summed E-state index contributed by atoms with van der Waals surface area (Å²) >= 11 is 0. The van der Waals surface area contributed by atoms with E-state index in [-0.39, 0.29) is 11.8 Å². The quantitative estimate of drug-likeness (QED) is 0.243. The zero-order valence-corrected chi connectivity index (χ0v) is 19.9. The molecule has 0 aliphatic carbocycles. The Morgan fingerprint density at radius 3 is 2.00 bits per heavy atom. The number of rotatable bonds is 10. The third-order valence-corrected chi connectivity index (χ3v) is 5.30. The fourth-order valence-corrected chi connectivity index (χ4v) is 3.45. The molecule has 36 heavy (non-hydrogen) atoms. The molecule has 4 aromatic rings. The maximum absolute atomic E-state index is 13.0. The van der Waals surface area contributed by atoms with Crippen LogP contribution in [0, 0.1) is 0 Å². The molecule has 7 nitrogen and oxygen atoms in total. The van der Waals surface area contributed by atoms with E-state index >= 15 is 0 Å². The molecule has 0 unspecified atom stereocenters. The highest BCUT2D eigenvalue weighted by Crippen LogP contribution is 2.22. The van der Waals surface area contributed by atoms with Gasteiger partial charge in [-0.3, -0.25) is 9.59 Å². The van der Waals surface area contributed by atoms with E-state index in [9.17, 15) is 9.59 Å². The van der Waals surface area contributed by atoms with Crippen molar-refractivity contribution in [2.45, 2.75) is 0 Å². The van der Waals surface area contributed by atoms with Gasteiger partial charge in [-0.1, -0.05) is 30.3 Å². The molecular formula is C29H27N3O4. The molecule has 4 aromatic carbocycles. The van der Waals surface area contributed by atoms with Crippen LogP contribution in [0.1, 0.15) is 20.7 Å². The van der Waals surface area contributed by atoms with Gasteiger partial charge in [0.05, 0.1) is 17.9 Å². The molecule has 0 atom stereocenters. The van der Waals surface area contributed by atoms with Crippen molar-refractivity contribution in [2.75, 3.05) is 36.3 Å². The zero-order valence-electron chi connectivity index (χ0n) is 19.9. The first-order valence-electron chi connectivity index (χ1n) is 11.5. The highest BCUT2D eigenvalue weighted by Gasteiger charge is 2.14. The third kappa shape index (κ3) is 6.71. The van der Waals surface area contributed by atoms with Crippen LogP contribution in [0.3, 0.4) is 0 Å². The Labute approximate surface area is 210 Å². The number of carbonyl (C=O) groups is 2. The second-order valence-corrected chi connectivity index (χ2v) is 7.89. The minimum atomic E-state index is -0.324. The maximum Gasteiger partial charge on any atom is 0.257 e. The van der Waals surface area contributed by atoms with E-state index in [1.807, 2.05) is 54.6 Å². The molecule has 2 amide bonds. The first-order valence-corrected chi connectivity index (χ1v) is 11.5. The molecular weight excluding hydrogens is 454 g/mol. The lowest BCUT2D eigenvalue weighted by molar-refractivity contribution is 0.102. The van der Waals surface area contributed by atoms with E-state index in [0.717, 1.165) is 11.4 Å². The average molecular weight is 482 g/mol. The fraction of sp³-hybridized carbons (Fsp3) is 0.103. The molecule has 7 heteroatoms. The summed E-state index contributed by atoms with van der Waals surface area (Å²) in [7, 11) is 1.61. The summed E-state index contributed by atoms with van der Waals surface area (Å²) in [5.74, 6) is -0.0000414. The first-order chi connectivity index (χ1) is 17.6. The van der Waals surface area contributed by atoms with Crippen molar-refractivity contribution in [3.8, 4) is 5.75 Å². The van der Waals surface area contributed by atoms with Crippen molar-refractivity contribution in [3.05, 3.63) is 114 Å². The number of para-hydroxylation sites is 2. The molecule has 0 aliphatic heterocycles. The molecule has 0 aromatic heterocycles. The van der Waals surface area contributed by atoms with Crippen LogP contribution in [0.5, 0.6) is 5.75 Å². The van der Waals surface area contributed by atoms with Gasteiger partial charge in [-0.15, -0.1) is 0 Å². The molecule has 0 spiro atoms. The van der Waals surface area contributed by atoms with E-state index in [4.69, 9.17) is 9.47 Å². The van der Waals surface area contributed by atoms with Crippen LogP contribution in [-0.4, -0.2) is 32.1 Å². The van der Waals surface area contributed by atoms with Crippen LogP contribution in [0.15, 0.2) is 103 Å². The molecule has 0 radical (unpaired) electrons. The average Bonchev–Trinajstić information content (AvgIpc) is 2.91. The van der Waals surface area contributed by atoms with E-state index < -0.39 is 0 Å². The second-order valence-electron chi connectivity index (χ2n) is 7.89. The number of carbonyl (C=O) groups excluding carboxylic acids is 2. The summed E-state index contributed by atoms with van der Waals surface area (Å²) in [6, 6.07) is 30.9. The van der Waals surface area contributed by atoms with Gasteiger partial charge in [-0.25, -0.2) is 0 Å². The number of amides is 2. The van der Waals surface area contributed by atoms with E-state index in [0.29, 0.717) is 41.5 Å². The van der Waals surface area contributed by atoms with Crippen molar-refractivity contribution in [3.63, 3.8) is 0 Å². The summed E-state index contributed by atoms with van der Waals surface area (Å²) in [6.07, 6.45) is 0. The standard InChI is InChI=1S/C29H27N3O4/c1-35-19-20-36-25-17-11-21(12-18-25)28(33)32-27-10-6-5-9-26(27)29(34)31-24-15-13-23(14-16-24)30-22-7-3-2-4-8-22/h2-18,30H,19-20H2,1H3,(H,31,34)(H,32,33). The predicted octanol–water partition coefficient (Wildman–Crippen LogP) is 5.96. The van der Waals surface area contributed by atoms with Crippen molar-refractivity contribution in [2.24, 2.45) is 0 Å². The smallest absolute Gasteiger partial charge is 0.257 e. The normalized spacial score (nSPS) is 10.4. The second kappa shape index (κ2) is 12.2. The molecule has 0 saturated carbocycles. The van der Waals surface area contributed by atoms with Crippen LogP contribution >= 0.6 is 0 Å². The summed E-state index contributed by atoms with van der Waals surface area (Å²) < 4.78 is 10.5. The van der Waals surface area contributed by atoms with Crippen LogP contribution < -0.4 is 20.7 Å². The van der Waals surface area contributed by atoms with Crippen LogP contribution in [0.4, 0.5) is 22.7 Å². The van der Waals surface area contributed by atoms with E-state index in [1.54, 1.807) is 55.6 Å². The van der Waals surface area contributed by atoms with Crippen molar-refractivity contribution in [1.82, 2.24) is 0 Å². The molecule has 4 rings (SSSR count). The summed E-state index contributed by atoms with van der Waals surface area (Å²) in [6.45, 7) is 0.909. The number of hydrogen-bond donors (Lipinski definition) is 3. The van der Waals surface area contributed by atoms with Gasteiger partial charge < -0.3 is 25.4 Å². The first kappa shape index (κ1) is 24.5. The zero-order chi connectivity index (χ0) is 25.2. The molecule has 0 aliphatic rings. The van der Waals surface area contributed by atoms with Gasteiger partial charge in [0, 0.05) is 29.7 Å². The summed E-state index contributed by atoms with van der Waals surface area (Å²) in [5.41, 5.74) is 3.75. The van der Waals surface area contributed by atoms with Crippen LogP contribution in [0.25, 0.3) is 0 Å². The maximum atomic E-state index is 13.0. The molecule has 3 N–H and O–H groups in total. The SMILES string of the molecule is COCCOc1ccc(C(=O)Nc2ccccc2C(=O)Nc2ccc(Nc3ccccc3)cc2)cc1. The van der Waals surface area contributed by atoms with Gasteiger partial charge in [-0.05, 0) is 72.8 Å². The number of anilines is 4. The largest absolute Gasteiger partial charge is 0.491 e. The fourth-order valence-electron chi connectivity index (χ4n) is 3.45. The Balaban J connectivity index is 1.39. The lowest BCUT2D eigenvalue weighted by Crippen LogP contribution is -2.18. The third-order valence-electron chi connectivity index (χ3n) is 5.30. The van der Waals surface area contributed by atoms with Gasteiger partial charge in [0.1, 0.15) is 12.4 Å². The van der Waals surface area contributed by atoms with E-state index in [1.165, 1.54) is 0 Å². The molecule has 0 bridgehead atoms. The highest BCUT2D eigenvalue weighted by molar-refractivity contribution is 6.12. The number of methoxy groups -OCH3 is 1. The van der Waals surface area contributed by atoms with Gasteiger partial charge in [-0.2, -0.15) is 0 Å². The van der Waals surface area contributed by atoms with E-state index in [2.05, 4.69) is 16.0 Å².